The molecule has 0 bridgehead atoms. The van der Waals surface area contributed by atoms with Crippen LogP contribution in [0.4, 0.5) is 4.79 Å². The van der Waals surface area contributed by atoms with E-state index < -0.39 is 23.2 Å². The van der Waals surface area contributed by atoms with Gasteiger partial charge in [0, 0.05) is 18.5 Å². The van der Waals surface area contributed by atoms with Crippen molar-refractivity contribution in [3.8, 4) is 0 Å². The third-order valence-electron chi connectivity index (χ3n) is 6.42. The van der Waals surface area contributed by atoms with Gasteiger partial charge in [0.25, 0.3) is 0 Å². The Bertz CT molecular complexity index is 680. The summed E-state index contributed by atoms with van der Waals surface area (Å²) < 4.78 is 5.18. The van der Waals surface area contributed by atoms with Crippen molar-refractivity contribution in [2.24, 2.45) is 21.7 Å². The average Bonchev–Trinajstić information content (AvgIpc) is 2.57. The van der Waals surface area contributed by atoms with E-state index in [0.717, 1.165) is 12.8 Å². The predicted molar refractivity (Wildman–Crippen MR) is 142 cm³/mol. The smallest absolute Gasteiger partial charge is 0.407 e. The third-order valence-corrected chi connectivity index (χ3v) is 6.42. The number of hydrogen-bond donors (Lipinski definition) is 3. The Morgan fingerprint density at radius 2 is 1.35 bits per heavy atom. The summed E-state index contributed by atoms with van der Waals surface area (Å²) in [5.74, 6) is -0.00544. The van der Waals surface area contributed by atoms with Crippen LogP contribution < -0.4 is 10.6 Å². The zero-order valence-electron chi connectivity index (χ0n) is 24.1. The summed E-state index contributed by atoms with van der Waals surface area (Å²) in [4.78, 5) is 24.6. The minimum Gasteiger partial charge on any atom is -0.444 e. The second-order valence-electron chi connectivity index (χ2n) is 13.7. The van der Waals surface area contributed by atoms with Gasteiger partial charge >= 0.3 is 6.09 Å². The van der Waals surface area contributed by atoms with Crippen LogP contribution in [0.3, 0.4) is 0 Å². The number of carbonyl (C=O) groups excluding carboxylic acids is 2. The highest BCUT2D eigenvalue weighted by atomic mass is 16.6. The fraction of sp³-hybridized carbons (Fsp3) is 0.857. The van der Waals surface area contributed by atoms with E-state index in [1.165, 1.54) is 0 Å². The van der Waals surface area contributed by atoms with E-state index in [-0.39, 0.29) is 22.2 Å². The summed E-state index contributed by atoms with van der Waals surface area (Å²) in [5, 5.41) is 15.8. The molecule has 3 N–H and O–H groups in total. The van der Waals surface area contributed by atoms with E-state index in [9.17, 15) is 14.7 Å². The van der Waals surface area contributed by atoms with Gasteiger partial charge in [0.15, 0.2) is 0 Å². The molecule has 1 atom stereocenters. The molecule has 1 unspecified atom stereocenters. The number of nitrogens with one attached hydrogen (secondary N) is 2. The maximum absolute atomic E-state index is 12.9. The van der Waals surface area contributed by atoms with Crippen LogP contribution in [0.5, 0.6) is 0 Å². The van der Waals surface area contributed by atoms with Crippen molar-refractivity contribution in [1.29, 1.82) is 0 Å². The Morgan fingerprint density at radius 1 is 0.853 bits per heavy atom. The second-order valence-corrected chi connectivity index (χ2v) is 13.7. The van der Waals surface area contributed by atoms with Gasteiger partial charge < -0.3 is 20.5 Å². The first-order valence-electron chi connectivity index (χ1n) is 12.7. The highest BCUT2D eigenvalue weighted by molar-refractivity contribution is 5.81. The Balaban J connectivity index is 4.63. The fourth-order valence-corrected chi connectivity index (χ4v) is 3.74. The van der Waals surface area contributed by atoms with Gasteiger partial charge in [-0.3, -0.25) is 4.79 Å². The van der Waals surface area contributed by atoms with Crippen LogP contribution in [0.2, 0.25) is 0 Å². The van der Waals surface area contributed by atoms with E-state index in [1.807, 2.05) is 13.8 Å². The molecule has 0 aliphatic heterocycles. The predicted octanol–water partition coefficient (Wildman–Crippen LogP) is 6.23. The molecule has 0 saturated carbocycles. The highest BCUT2D eigenvalue weighted by Crippen LogP contribution is 2.47. The summed E-state index contributed by atoms with van der Waals surface area (Å²) in [6, 6.07) is 0. The van der Waals surface area contributed by atoms with E-state index in [1.54, 1.807) is 20.8 Å². The number of rotatable bonds is 12. The maximum Gasteiger partial charge on any atom is 0.407 e. The molecular formula is C28H54N2O4. The molecule has 6 nitrogen and oxygen atoms in total. The molecule has 0 fully saturated rings. The van der Waals surface area contributed by atoms with Crippen molar-refractivity contribution in [2.45, 2.75) is 120 Å². The highest BCUT2D eigenvalue weighted by Gasteiger charge is 2.42. The number of hydrogen-bond acceptors (Lipinski definition) is 4. The first kappa shape index (κ1) is 32.4. The Morgan fingerprint density at radius 3 is 1.82 bits per heavy atom. The lowest BCUT2D eigenvalue weighted by Crippen LogP contribution is -2.44. The first-order valence-corrected chi connectivity index (χ1v) is 12.7. The number of alkyl carbamates (subject to hydrolysis) is 1. The summed E-state index contributed by atoms with van der Waals surface area (Å²) in [6.07, 6.45) is 6.06. The molecule has 0 radical (unpaired) electrons. The van der Waals surface area contributed by atoms with E-state index >= 15 is 0 Å². The minimum atomic E-state index is -0.610. The Kier molecular flexibility index (Phi) is 11.8. The number of carbonyl (C=O) groups is 2. The van der Waals surface area contributed by atoms with E-state index in [2.05, 4.69) is 71.3 Å². The first-order chi connectivity index (χ1) is 15.1. The van der Waals surface area contributed by atoms with Gasteiger partial charge in [0.2, 0.25) is 5.91 Å². The molecule has 0 rings (SSSR count). The van der Waals surface area contributed by atoms with Crippen LogP contribution in [0.25, 0.3) is 0 Å². The average molecular weight is 483 g/mol. The van der Waals surface area contributed by atoms with Crippen LogP contribution >= 0.6 is 0 Å². The zero-order chi connectivity index (χ0) is 27.0. The lowest BCUT2D eigenvalue weighted by atomic mass is 9.61. The fourth-order valence-electron chi connectivity index (χ4n) is 3.74. The molecule has 0 saturated heterocycles. The zero-order valence-corrected chi connectivity index (χ0v) is 24.1. The number of aliphatic hydroxyl groups excluding tert-OH is 1. The van der Waals surface area contributed by atoms with Gasteiger partial charge in [-0.15, -0.1) is 0 Å². The topological polar surface area (TPSA) is 87.7 Å². The molecule has 0 heterocycles. The van der Waals surface area contributed by atoms with Gasteiger partial charge in [-0.1, -0.05) is 74.5 Å². The molecule has 0 spiro atoms. The molecule has 200 valence electrons. The largest absolute Gasteiger partial charge is 0.444 e. The number of amides is 2. The third kappa shape index (κ3) is 13.4. The quantitative estimate of drug-likeness (QED) is 0.288. The summed E-state index contributed by atoms with van der Waals surface area (Å²) in [5.41, 5.74) is -0.984. The van der Waals surface area contributed by atoms with Crippen molar-refractivity contribution in [3.63, 3.8) is 0 Å². The van der Waals surface area contributed by atoms with Gasteiger partial charge in [-0.2, -0.15) is 0 Å². The second kappa shape index (κ2) is 12.4. The Hall–Kier alpha value is -1.56. The van der Waals surface area contributed by atoms with Crippen LogP contribution in [0.15, 0.2) is 12.2 Å². The number of allylic oxidation sites excluding steroid dienone is 2. The standard InChI is InChI=1S/C28H54N2O4/c1-24(2,3)16-13-17-27(9,10)28(11,12)20-26(7,8)22(32)29-18-14-21(31)15-19-30-23(33)34-25(4,5)6/h13,17,21,31H,14-16,18-20H2,1-12H3,(H,29,32)(H,30,33)/b17-13-. The van der Waals surface area contributed by atoms with Crippen LogP contribution in [0, 0.1) is 21.7 Å². The van der Waals surface area contributed by atoms with Crippen LogP contribution in [-0.4, -0.2) is 41.9 Å². The molecule has 0 aromatic heterocycles. The van der Waals surface area contributed by atoms with Crippen molar-refractivity contribution in [3.05, 3.63) is 12.2 Å². The monoisotopic (exact) mass is 482 g/mol. The van der Waals surface area contributed by atoms with E-state index in [4.69, 9.17) is 4.74 Å². The maximum atomic E-state index is 12.9. The number of ether oxygens (including phenoxy) is 1. The van der Waals surface area contributed by atoms with Gasteiger partial charge in [-0.25, -0.2) is 4.79 Å². The van der Waals surface area contributed by atoms with Gasteiger partial charge in [0.05, 0.1) is 6.10 Å². The Labute approximate surface area is 209 Å². The molecule has 0 aliphatic rings. The van der Waals surface area contributed by atoms with Crippen molar-refractivity contribution in [1.82, 2.24) is 10.6 Å². The van der Waals surface area contributed by atoms with Crippen molar-refractivity contribution >= 4 is 12.0 Å². The van der Waals surface area contributed by atoms with Gasteiger partial charge in [0.1, 0.15) is 5.60 Å². The van der Waals surface area contributed by atoms with Crippen LogP contribution in [-0.2, 0) is 9.53 Å². The lowest BCUT2D eigenvalue weighted by Gasteiger charge is -2.44. The molecule has 0 aromatic rings. The molecule has 0 aliphatic carbocycles. The molecule has 6 heteroatoms. The summed E-state index contributed by atoms with van der Waals surface area (Å²) in [6.45, 7) is 25.7. The summed E-state index contributed by atoms with van der Waals surface area (Å²) >= 11 is 0. The normalized spacial score (nSPS) is 14.7. The molecule has 2 amide bonds. The molecule has 34 heavy (non-hydrogen) atoms. The number of aliphatic hydroxyl groups is 1. The molecule has 0 aromatic carbocycles. The van der Waals surface area contributed by atoms with Crippen molar-refractivity contribution in [2.75, 3.05) is 13.1 Å². The van der Waals surface area contributed by atoms with E-state index in [0.29, 0.717) is 25.9 Å². The van der Waals surface area contributed by atoms with Crippen LogP contribution in [0.1, 0.15) is 109 Å². The van der Waals surface area contributed by atoms with Gasteiger partial charge in [-0.05, 0) is 62.7 Å². The lowest BCUT2D eigenvalue weighted by molar-refractivity contribution is -0.131. The van der Waals surface area contributed by atoms with Crippen molar-refractivity contribution < 1.29 is 19.4 Å². The molecular weight excluding hydrogens is 428 g/mol. The minimum absolute atomic E-state index is 0.00544. The SMILES string of the molecule is CC(C)(C)C/C=C\C(C)(C)C(C)(C)CC(C)(C)C(=O)NCCC(O)CCNC(=O)OC(C)(C)C. The summed E-state index contributed by atoms with van der Waals surface area (Å²) in [7, 11) is 0.